The summed E-state index contributed by atoms with van der Waals surface area (Å²) >= 11 is 0. The van der Waals surface area contributed by atoms with Crippen molar-refractivity contribution in [3.8, 4) is 0 Å². The number of hydrogen-bond acceptors (Lipinski definition) is 3. The molecule has 1 amide bonds. The first-order valence-corrected chi connectivity index (χ1v) is 7.68. The van der Waals surface area contributed by atoms with E-state index in [1.165, 1.54) is 6.42 Å². The molecule has 0 radical (unpaired) electrons. The standard InChI is InChI=1S/C15H27NO3/c1-11(2)19-10-15(18)16-9-5-7-13(16)12-6-3-4-8-14(12)17/h11-14,17H,3-10H2,1-2H3. The SMILES string of the molecule is CC(C)OCC(=O)N1CCCC1C1CCCCC1O. The van der Waals surface area contributed by atoms with Crippen LogP contribution >= 0.6 is 0 Å². The lowest BCUT2D eigenvalue weighted by Gasteiger charge is -2.37. The Morgan fingerprint density at radius 3 is 2.68 bits per heavy atom. The van der Waals surface area contributed by atoms with Crippen LogP contribution in [0.15, 0.2) is 0 Å². The van der Waals surface area contributed by atoms with Crippen molar-refractivity contribution in [1.29, 1.82) is 0 Å². The summed E-state index contributed by atoms with van der Waals surface area (Å²) in [4.78, 5) is 14.2. The molecular weight excluding hydrogens is 242 g/mol. The van der Waals surface area contributed by atoms with E-state index in [9.17, 15) is 9.90 Å². The molecule has 3 unspecified atom stereocenters. The second-order valence-corrected chi connectivity index (χ2v) is 6.17. The average Bonchev–Trinajstić information content (AvgIpc) is 2.85. The topological polar surface area (TPSA) is 49.8 Å². The van der Waals surface area contributed by atoms with E-state index >= 15 is 0 Å². The summed E-state index contributed by atoms with van der Waals surface area (Å²) < 4.78 is 5.42. The number of carbonyl (C=O) groups excluding carboxylic acids is 1. The largest absolute Gasteiger partial charge is 0.393 e. The average molecular weight is 269 g/mol. The van der Waals surface area contributed by atoms with E-state index < -0.39 is 0 Å². The predicted molar refractivity (Wildman–Crippen MR) is 73.8 cm³/mol. The molecule has 3 atom stereocenters. The first-order chi connectivity index (χ1) is 9.09. The van der Waals surface area contributed by atoms with E-state index in [-0.39, 0.29) is 36.7 Å². The van der Waals surface area contributed by atoms with Crippen LogP contribution in [0.3, 0.4) is 0 Å². The molecule has 19 heavy (non-hydrogen) atoms. The van der Waals surface area contributed by atoms with Crippen molar-refractivity contribution in [2.24, 2.45) is 5.92 Å². The lowest BCUT2D eigenvalue weighted by atomic mass is 9.80. The maximum absolute atomic E-state index is 12.2. The monoisotopic (exact) mass is 269 g/mol. The van der Waals surface area contributed by atoms with E-state index in [1.807, 2.05) is 18.7 Å². The molecule has 0 aromatic rings. The van der Waals surface area contributed by atoms with Crippen molar-refractivity contribution >= 4 is 5.91 Å². The molecule has 0 bridgehead atoms. The summed E-state index contributed by atoms with van der Waals surface area (Å²) in [6.07, 6.45) is 6.21. The maximum Gasteiger partial charge on any atom is 0.248 e. The van der Waals surface area contributed by atoms with Crippen molar-refractivity contribution in [2.75, 3.05) is 13.2 Å². The minimum absolute atomic E-state index is 0.0882. The van der Waals surface area contributed by atoms with E-state index in [4.69, 9.17) is 4.74 Å². The highest BCUT2D eigenvalue weighted by atomic mass is 16.5. The highest BCUT2D eigenvalue weighted by Gasteiger charge is 2.38. The Morgan fingerprint density at radius 2 is 2.00 bits per heavy atom. The van der Waals surface area contributed by atoms with Crippen LogP contribution in [0.2, 0.25) is 0 Å². The summed E-state index contributed by atoms with van der Waals surface area (Å²) in [7, 11) is 0. The second kappa shape index (κ2) is 6.71. The summed E-state index contributed by atoms with van der Waals surface area (Å²) in [5, 5.41) is 10.2. The van der Waals surface area contributed by atoms with Crippen molar-refractivity contribution in [3.63, 3.8) is 0 Å². The molecule has 0 spiro atoms. The molecule has 1 saturated carbocycles. The zero-order valence-corrected chi connectivity index (χ0v) is 12.2. The van der Waals surface area contributed by atoms with Gasteiger partial charge in [0.25, 0.3) is 0 Å². The number of amides is 1. The number of ether oxygens (including phenoxy) is 1. The maximum atomic E-state index is 12.2. The number of rotatable bonds is 4. The molecule has 4 nitrogen and oxygen atoms in total. The van der Waals surface area contributed by atoms with Gasteiger partial charge in [0.2, 0.25) is 5.91 Å². The number of hydrogen-bond donors (Lipinski definition) is 1. The predicted octanol–water partition coefficient (Wildman–Crippen LogP) is 1.95. The molecule has 2 rings (SSSR count). The Labute approximate surface area is 116 Å². The normalized spacial score (nSPS) is 32.0. The van der Waals surface area contributed by atoms with Crippen molar-refractivity contribution in [1.82, 2.24) is 4.90 Å². The van der Waals surface area contributed by atoms with Crippen molar-refractivity contribution < 1.29 is 14.6 Å². The van der Waals surface area contributed by atoms with Crippen LogP contribution in [0, 0.1) is 5.92 Å². The van der Waals surface area contributed by atoms with Gasteiger partial charge in [-0.15, -0.1) is 0 Å². The van der Waals surface area contributed by atoms with Crippen LogP contribution in [-0.4, -0.2) is 47.3 Å². The lowest BCUT2D eigenvalue weighted by molar-refractivity contribution is -0.140. The third kappa shape index (κ3) is 3.69. The van der Waals surface area contributed by atoms with Gasteiger partial charge >= 0.3 is 0 Å². The van der Waals surface area contributed by atoms with Gasteiger partial charge in [0.05, 0.1) is 12.2 Å². The molecule has 1 saturated heterocycles. The number of aliphatic hydroxyl groups excluding tert-OH is 1. The van der Waals surface area contributed by atoms with Crippen molar-refractivity contribution in [2.45, 2.75) is 70.6 Å². The Kier molecular flexibility index (Phi) is 5.22. The minimum Gasteiger partial charge on any atom is -0.393 e. The summed E-state index contributed by atoms with van der Waals surface area (Å²) in [5.74, 6) is 0.369. The molecule has 1 aliphatic heterocycles. The van der Waals surface area contributed by atoms with Crippen LogP contribution in [0.1, 0.15) is 52.4 Å². The van der Waals surface area contributed by atoms with E-state index in [2.05, 4.69) is 0 Å². The van der Waals surface area contributed by atoms with Gasteiger partial charge in [0.15, 0.2) is 0 Å². The fourth-order valence-corrected chi connectivity index (χ4v) is 3.46. The second-order valence-electron chi connectivity index (χ2n) is 6.17. The highest BCUT2D eigenvalue weighted by Crippen LogP contribution is 2.34. The van der Waals surface area contributed by atoms with Crippen LogP contribution < -0.4 is 0 Å². The molecule has 4 heteroatoms. The molecule has 2 aliphatic rings. The first-order valence-electron chi connectivity index (χ1n) is 7.68. The molecule has 0 aromatic heterocycles. The number of aliphatic hydroxyl groups is 1. The Balaban J connectivity index is 1.93. The molecule has 1 heterocycles. The molecular formula is C15H27NO3. The summed E-state index contributed by atoms with van der Waals surface area (Å²) in [5.41, 5.74) is 0. The van der Waals surface area contributed by atoms with E-state index in [0.717, 1.165) is 38.6 Å². The van der Waals surface area contributed by atoms with Gasteiger partial charge in [0.1, 0.15) is 6.61 Å². The summed E-state index contributed by atoms with van der Waals surface area (Å²) in [6.45, 7) is 4.89. The Bertz CT molecular complexity index is 306. The Morgan fingerprint density at radius 1 is 1.26 bits per heavy atom. The third-order valence-corrected chi connectivity index (χ3v) is 4.44. The van der Waals surface area contributed by atoms with Crippen molar-refractivity contribution in [3.05, 3.63) is 0 Å². The van der Waals surface area contributed by atoms with Crippen LogP contribution in [0.25, 0.3) is 0 Å². The van der Waals surface area contributed by atoms with E-state index in [0.29, 0.717) is 0 Å². The molecule has 1 aliphatic carbocycles. The highest BCUT2D eigenvalue weighted by molar-refractivity contribution is 5.78. The molecule has 1 N–H and O–H groups in total. The van der Waals surface area contributed by atoms with Gasteiger partial charge in [-0.2, -0.15) is 0 Å². The smallest absolute Gasteiger partial charge is 0.248 e. The van der Waals surface area contributed by atoms with Crippen LogP contribution in [0.4, 0.5) is 0 Å². The van der Waals surface area contributed by atoms with Gasteiger partial charge in [-0.25, -0.2) is 0 Å². The first kappa shape index (κ1) is 14.8. The Hall–Kier alpha value is -0.610. The fraction of sp³-hybridized carbons (Fsp3) is 0.933. The molecule has 2 fully saturated rings. The minimum atomic E-state index is -0.224. The van der Waals surface area contributed by atoms with Gasteiger partial charge in [-0.05, 0) is 39.5 Å². The summed E-state index contributed by atoms with van der Waals surface area (Å²) in [6, 6.07) is 0.235. The van der Waals surface area contributed by atoms with Gasteiger partial charge in [0, 0.05) is 18.5 Å². The lowest BCUT2D eigenvalue weighted by Crippen LogP contribution is -2.46. The van der Waals surface area contributed by atoms with E-state index in [1.54, 1.807) is 0 Å². The molecule has 0 aromatic carbocycles. The fourth-order valence-electron chi connectivity index (χ4n) is 3.46. The van der Waals surface area contributed by atoms with Gasteiger partial charge in [-0.1, -0.05) is 12.8 Å². The van der Waals surface area contributed by atoms with Gasteiger partial charge < -0.3 is 14.7 Å². The van der Waals surface area contributed by atoms with Crippen LogP contribution in [0.5, 0.6) is 0 Å². The number of nitrogens with zero attached hydrogens (tertiary/aromatic N) is 1. The molecule has 110 valence electrons. The zero-order valence-electron chi connectivity index (χ0n) is 12.2. The van der Waals surface area contributed by atoms with Gasteiger partial charge in [-0.3, -0.25) is 4.79 Å². The van der Waals surface area contributed by atoms with Crippen LogP contribution in [-0.2, 0) is 9.53 Å². The zero-order chi connectivity index (χ0) is 13.8. The number of likely N-dealkylation sites (tertiary alicyclic amines) is 1. The third-order valence-electron chi connectivity index (χ3n) is 4.44. The quantitative estimate of drug-likeness (QED) is 0.848. The number of carbonyl (C=O) groups is 1.